The summed E-state index contributed by atoms with van der Waals surface area (Å²) in [6.45, 7) is 2.15. The molecule has 0 saturated carbocycles. The molecule has 0 unspecified atom stereocenters. The van der Waals surface area contributed by atoms with E-state index >= 15 is 0 Å². The average molecular weight is 346 g/mol. The third kappa shape index (κ3) is 10.2. The van der Waals surface area contributed by atoms with Gasteiger partial charge >= 0.3 is 33.0 Å². The van der Waals surface area contributed by atoms with Crippen molar-refractivity contribution in [2.24, 2.45) is 0 Å². The van der Waals surface area contributed by atoms with Gasteiger partial charge in [0.15, 0.2) is 12.8 Å². The van der Waals surface area contributed by atoms with Crippen LogP contribution in [0, 0.1) is 0 Å². The van der Waals surface area contributed by atoms with Gasteiger partial charge in [-0.1, -0.05) is 30.3 Å². The summed E-state index contributed by atoms with van der Waals surface area (Å²) in [4.78, 5) is 2.24. The molecule has 1 heterocycles. The average Bonchev–Trinajstić information content (AvgIpc) is 2.49. The van der Waals surface area contributed by atoms with Crippen LogP contribution in [0.2, 0.25) is 0 Å². The van der Waals surface area contributed by atoms with Crippen molar-refractivity contribution >= 4 is 19.6 Å². The maximum atomic E-state index is 9.87. The Balaban J connectivity index is 0.000000295. The van der Waals surface area contributed by atoms with E-state index in [2.05, 4.69) is 60.3 Å². The van der Waals surface area contributed by atoms with Crippen LogP contribution in [0.25, 0.3) is 5.57 Å². The molecule has 9 heteroatoms. The number of hydrogen-bond acceptors (Lipinski definition) is 1. The number of nitrogens with zero attached hydrogens (tertiary/aromatic N) is 2. The first kappa shape index (κ1) is 18.5. The van der Waals surface area contributed by atoms with E-state index in [1.165, 1.54) is 11.1 Å². The Kier molecular flexibility index (Phi) is 4.68. The molecule has 126 valence electrons. The summed E-state index contributed by atoms with van der Waals surface area (Å²) in [5.74, 6) is 0. The maximum absolute atomic E-state index is 10.7. The Morgan fingerprint density at radius 1 is 1.00 bits per heavy atom. The molecule has 1 aromatic carbocycles. The van der Waals surface area contributed by atoms with Crippen LogP contribution in [-0.2, 0) is 0 Å². The molecule has 0 bridgehead atoms. The van der Waals surface area contributed by atoms with E-state index in [1.807, 2.05) is 6.07 Å². The molecule has 0 aromatic heterocycles. The molecule has 0 amide bonds. The topological polar surface area (TPSA) is 6.25 Å². The van der Waals surface area contributed by atoms with Crippen LogP contribution >= 0.6 is 7.81 Å². The molecule has 1 aliphatic rings. The second-order valence-corrected chi connectivity index (χ2v) is 6.92. The first-order valence-electron chi connectivity index (χ1n) is 6.30. The van der Waals surface area contributed by atoms with E-state index in [4.69, 9.17) is 0 Å². The zero-order valence-electron chi connectivity index (χ0n) is 12.1. The van der Waals surface area contributed by atoms with E-state index in [-0.39, 0.29) is 0 Å². The van der Waals surface area contributed by atoms with Crippen LogP contribution in [0.5, 0.6) is 0 Å². The van der Waals surface area contributed by atoms with Gasteiger partial charge in [-0.3, -0.25) is 0 Å². The van der Waals surface area contributed by atoms with E-state index in [0.29, 0.717) is 0 Å². The van der Waals surface area contributed by atoms with E-state index in [9.17, 15) is 25.2 Å². The van der Waals surface area contributed by atoms with E-state index < -0.39 is 7.81 Å². The first-order valence-corrected chi connectivity index (χ1v) is 8.32. The molecule has 2 rings (SSSR count). The predicted octanol–water partition coefficient (Wildman–Crippen LogP) is 5.07. The number of halogens is 6. The molecular weight excluding hydrogens is 329 g/mol. The number of likely N-dealkylation sites (N-methyl/N-ethyl adjacent to an activating group) is 2. The fraction of sp³-hybridized carbons (Fsp3) is 0.308. The van der Waals surface area contributed by atoms with Crippen molar-refractivity contribution in [3.8, 4) is 0 Å². The minimum absolute atomic E-state index is 1.07. The SMILES string of the molecule is CN1C=C(c2ccccc2)C=[N+](C)CC1.F[P-](F)(F)(F)(F)F. The third-order valence-corrected chi connectivity index (χ3v) is 2.63. The van der Waals surface area contributed by atoms with Gasteiger partial charge in [-0.15, -0.1) is 0 Å². The predicted molar refractivity (Wildman–Crippen MR) is 77.7 cm³/mol. The molecule has 0 spiro atoms. The standard InChI is InChI=1S/C13H17N2.F6P/c1-14-8-9-15(2)11-13(10-14)12-6-4-3-5-7-12;1-7(2,3,4,5)6/h3-7,10-11H,8-9H2,1-2H3;/q+1;-1. The Morgan fingerprint density at radius 2 is 1.50 bits per heavy atom. The summed E-state index contributed by atoms with van der Waals surface area (Å²) in [5.41, 5.74) is 2.55. The van der Waals surface area contributed by atoms with Crippen molar-refractivity contribution in [3.63, 3.8) is 0 Å². The van der Waals surface area contributed by atoms with Crippen LogP contribution in [0.3, 0.4) is 0 Å². The van der Waals surface area contributed by atoms with Gasteiger partial charge in [0.1, 0.15) is 7.05 Å². The summed E-state index contributed by atoms with van der Waals surface area (Å²) in [5, 5.41) is 0. The van der Waals surface area contributed by atoms with Gasteiger partial charge in [-0.2, -0.15) is 0 Å². The molecule has 0 saturated heterocycles. The second kappa shape index (κ2) is 5.57. The fourth-order valence-corrected chi connectivity index (χ4v) is 1.73. The monoisotopic (exact) mass is 346 g/mol. The molecule has 0 atom stereocenters. The van der Waals surface area contributed by atoms with Gasteiger partial charge in [0, 0.05) is 13.2 Å². The summed E-state index contributed by atoms with van der Waals surface area (Å²) >= 11 is 0. The Bertz CT molecular complexity index is 566. The molecule has 2 nitrogen and oxygen atoms in total. The van der Waals surface area contributed by atoms with E-state index in [0.717, 1.165) is 13.1 Å². The van der Waals surface area contributed by atoms with Gasteiger partial charge in [0.2, 0.25) is 0 Å². The molecule has 22 heavy (non-hydrogen) atoms. The Morgan fingerprint density at radius 3 is 2.00 bits per heavy atom. The molecule has 0 N–H and O–H groups in total. The van der Waals surface area contributed by atoms with Crippen LogP contribution in [0.1, 0.15) is 5.56 Å². The van der Waals surface area contributed by atoms with Gasteiger partial charge in [-0.05, 0) is 5.56 Å². The molecule has 1 aromatic rings. The molecule has 1 aliphatic heterocycles. The van der Waals surface area contributed by atoms with Gasteiger partial charge in [0.05, 0.1) is 12.1 Å². The first-order chi connectivity index (χ1) is 9.70. The number of hydrogen-bond donors (Lipinski definition) is 0. The minimum atomic E-state index is -10.7. The molecule has 0 aliphatic carbocycles. The van der Waals surface area contributed by atoms with Crippen LogP contribution in [0.15, 0.2) is 36.5 Å². The van der Waals surface area contributed by atoms with Gasteiger partial charge in [0.25, 0.3) is 0 Å². The van der Waals surface area contributed by atoms with Crippen molar-refractivity contribution in [1.29, 1.82) is 0 Å². The van der Waals surface area contributed by atoms with Gasteiger partial charge < -0.3 is 4.90 Å². The normalized spacial score (nSPS) is 18.8. The van der Waals surface area contributed by atoms with Gasteiger partial charge in [-0.25, -0.2) is 4.58 Å². The van der Waals surface area contributed by atoms with Crippen molar-refractivity contribution in [1.82, 2.24) is 4.90 Å². The second-order valence-electron chi connectivity index (χ2n) is 5.00. The zero-order valence-corrected chi connectivity index (χ0v) is 13.0. The third-order valence-electron chi connectivity index (χ3n) is 2.63. The summed E-state index contributed by atoms with van der Waals surface area (Å²) < 4.78 is 61.4. The zero-order chi connectivity index (χ0) is 17.1. The summed E-state index contributed by atoms with van der Waals surface area (Å²) in [7, 11) is -6.42. The molecular formula is C13H17F6N2P. The Hall–Kier alpha value is -1.56. The number of benzene rings is 1. The van der Waals surface area contributed by atoms with Crippen LogP contribution in [-0.4, -0.2) is 42.9 Å². The van der Waals surface area contributed by atoms with Crippen molar-refractivity contribution < 1.29 is 29.8 Å². The molecule has 0 radical (unpaired) electrons. The van der Waals surface area contributed by atoms with Crippen LogP contribution in [0.4, 0.5) is 25.2 Å². The van der Waals surface area contributed by atoms with Crippen LogP contribution < -0.4 is 0 Å². The Labute approximate surface area is 124 Å². The fourth-order valence-electron chi connectivity index (χ4n) is 1.73. The number of allylic oxidation sites excluding steroid dienone is 1. The van der Waals surface area contributed by atoms with Crippen molar-refractivity contribution in [2.75, 3.05) is 27.2 Å². The molecule has 0 fully saturated rings. The summed E-state index contributed by atoms with van der Waals surface area (Å²) in [6, 6.07) is 10.5. The number of rotatable bonds is 1. The van der Waals surface area contributed by atoms with E-state index in [1.54, 1.807) is 0 Å². The quantitative estimate of drug-likeness (QED) is 0.391. The van der Waals surface area contributed by atoms with Crippen molar-refractivity contribution in [3.05, 3.63) is 42.1 Å². The van der Waals surface area contributed by atoms with Crippen molar-refractivity contribution in [2.45, 2.75) is 0 Å². The summed E-state index contributed by atoms with van der Waals surface area (Å²) in [6.07, 6.45) is 4.41.